The van der Waals surface area contributed by atoms with Crippen LogP contribution >= 0.6 is 0 Å². The highest BCUT2D eigenvalue weighted by Gasteiger charge is 2.35. The van der Waals surface area contributed by atoms with Gasteiger partial charge < -0.3 is 24.4 Å². The number of ether oxygens (including phenoxy) is 3. The summed E-state index contributed by atoms with van der Waals surface area (Å²) in [4.78, 5) is 21.3. The van der Waals surface area contributed by atoms with Crippen LogP contribution in [0.1, 0.15) is 12.8 Å². The number of nitrogens with two attached hydrogens (primary N) is 1. The van der Waals surface area contributed by atoms with Crippen LogP contribution in [-0.2, 0) is 23.8 Å². The van der Waals surface area contributed by atoms with E-state index in [4.69, 9.17) is 30.2 Å². The van der Waals surface area contributed by atoms with E-state index in [1.807, 2.05) is 0 Å². The molecule has 0 fully saturated rings. The lowest BCUT2D eigenvalue weighted by molar-refractivity contribution is -0.169. The van der Waals surface area contributed by atoms with Crippen LogP contribution in [0, 0.1) is 0 Å². The molecule has 4 N–H and O–H groups in total. The summed E-state index contributed by atoms with van der Waals surface area (Å²) in [6.07, 6.45) is -0.691. The Morgan fingerprint density at radius 1 is 1.17 bits per heavy atom. The maximum atomic E-state index is 10.9. The van der Waals surface area contributed by atoms with E-state index in [1.165, 1.54) is 7.11 Å². The van der Waals surface area contributed by atoms with Gasteiger partial charge in [0.2, 0.25) is 5.72 Å². The van der Waals surface area contributed by atoms with Crippen molar-refractivity contribution >= 4 is 11.9 Å². The highest BCUT2D eigenvalue weighted by molar-refractivity contribution is 5.77. The number of methoxy groups -OCH3 is 1. The van der Waals surface area contributed by atoms with Gasteiger partial charge in [-0.05, 0) is 0 Å². The zero-order valence-corrected chi connectivity index (χ0v) is 10.3. The Balaban J connectivity index is 3.95. The topological polar surface area (TPSA) is 128 Å². The van der Waals surface area contributed by atoms with Gasteiger partial charge in [0.1, 0.15) is 0 Å². The number of hydrogen-bond donors (Lipinski definition) is 3. The molecule has 0 heterocycles. The van der Waals surface area contributed by atoms with Crippen molar-refractivity contribution < 1.29 is 34.0 Å². The predicted octanol–water partition coefficient (Wildman–Crippen LogP) is -0.730. The van der Waals surface area contributed by atoms with Gasteiger partial charge in [-0.15, -0.1) is 0 Å². The van der Waals surface area contributed by atoms with E-state index in [0.29, 0.717) is 13.2 Å². The second-order valence-electron chi connectivity index (χ2n) is 3.54. The highest BCUT2D eigenvalue weighted by Crippen LogP contribution is 2.12. The molecule has 0 radical (unpaired) electrons. The van der Waals surface area contributed by atoms with E-state index in [9.17, 15) is 9.59 Å². The zero-order valence-electron chi connectivity index (χ0n) is 10.3. The average molecular weight is 265 g/mol. The zero-order chi connectivity index (χ0) is 14.0. The number of carboxylic acid groups (broad SMARTS) is 2. The van der Waals surface area contributed by atoms with E-state index in [2.05, 4.69) is 0 Å². The third kappa shape index (κ3) is 7.17. The first kappa shape index (κ1) is 16.8. The average Bonchev–Trinajstić information content (AvgIpc) is 2.31. The van der Waals surface area contributed by atoms with Crippen LogP contribution in [0.3, 0.4) is 0 Å². The Bertz CT molecular complexity index is 271. The molecule has 0 aromatic heterocycles. The van der Waals surface area contributed by atoms with Crippen molar-refractivity contribution in [2.45, 2.75) is 18.6 Å². The predicted molar refractivity (Wildman–Crippen MR) is 60.1 cm³/mol. The summed E-state index contributed by atoms with van der Waals surface area (Å²) < 4.78 is 14.8. The van der Waals surface area contributed by atoms with Crippen LogP contribution in [0.5, 0.6) is 0 Å². The molecular weight excluding hydrogens is 246 g/mol. The molecule has 0 aromatic carbocycles. The number of carboxylic acids is 2. The minimum Gasteiger partial charge on any atom is -0.481 e. The van der Waals surface area contributed by atoms with Gasteiger partial charge in [-0.2, -0.15) is 0 Å². The summed E-state index contributed by atoms with van der Waals surface area (Å²) in [7, 11) is 1.53. The van der Waals surface area contributed by atoms with Crippen molar-refractivity contribution in [2.24, 2.45) is 5.73 Å². The van der Waals surface area contributed by atoms with Gasteiger partial charge in [-0.25, -0.2) is 4.79 Å². The van der Waals surface area contributed by atoms with Crippen LogP contribution in [0.2, 0.25) is 0 Å². The van der Waals surface area contributed by atoms with E-state index in [1.54, 1.807) is 0 Å². The molecule has 0 aliphatic rings. The first-order valence-electron chi connectivity index (χ1n) is 5.37. The van der Waals surface area contributed by atoms with Crippen LogP contribution in [-0.4, -0.2) is 61.4 Å². The number of rotatable bonds is 11. The molecule has 0 amide bonds. The van der Waals surface area contributed by atoms with Gasteiger partial charge in [0.15, 0.2) is 0 Å². The largest absolute Gasteiger partial charge is 0.481 e. The number of hydrogen-bond acceptors (Lipinski definition) is 6. The number of carbonyl (C=O) groups is 2. The maximum Gasteiger partial charge on any atom is 0.351 e. The van der Waals surface area contributed by atoms with Gasteiger partial charge in [0.25, 0.3) is 0 Å². The van der Waals surface area contributed by atoms with Gasteiger partial charge in [0.05, 0.1) is 26.4 Å². The van der Waals surface area contributed by atoms with E-state index in [-0.39, 0.29) is 26.1 Å². The Kier molecular flexibility index (Phi) is 8.21. The molecule has 0 saturated carbocycles. The van der Waals surface area contributed by atoms with Gasteiger partial charge in [0, 0.05) is 20.0 Å². The molecule has 8 nitrogen and oxygen atoms in total. The molecule has 106 valence electrons. The van der Waals surface area contributed by atoms with Crippen molar-refractivity contribution in [1.82, 2.24) is 0 Å². The normalized spacial score (nSPS) is 14.1. The SMILES string of the molecule is COCCOCCO[C@](N)(CCC(=O)O)C(=O)O. The summed E-state index contributed by atoms with van der Waals surface area (Å²) in [5.74, 6) is -2.54. The standard InChI is InChI=1S/C10H19NO7/c1-16-4-5-17-6-7-18-10(11,9(14)15)3-2-8(12)13/h2-7,11H2,1H3,(H,12,13)(H,14,15)/t10-/m1/s1. The molecule has 0 spiro atoms. The number of aliphatic carboxylic acids is 2. The fourth-order valence-corrected chi connectivity index (χ4v) is 1.06. The van der Waals surface area contributed by atoms with Crippen molar-refractivity contribution in [1.29, 1.82) is 0 Å². The lowest BCUT2D eigenvalue weighted by Crippen LogP contribution is -2.51. The lowest BCUT2D eigenvalue weighted by atomic mass is 10.1. The van der Waals surface area contributed by atoms with Crippen LogP contribution < -0.4 is 5.73 Å². The first-order chi connectivity index (χ1) is 8.42. The van der Waals surface area contributed by atoms with Crippen molar-refractivity contribution in [2.75, 3.05) is 33.5 Å². The van der Waals surface area contributed by atoms with E-state index in [0.717, 1.165) is 0 Å². The maximum absolute atomic E-state index is 10.9. The Morgan fingerprint density at radius 2 is 1.78 bits per heavy atom. The van der Waals surface area contributed by atoms with Crippen LogP contribution in [0.4, 0.5) is 0 Å². The minimum atomic E-state index is -2.00. The molecule has 0 aliphatic carbocycles. The molecule has 18 heavy (non-hydrogen) atoms. The molecule has 1 atom stereocenters. The molecule has 0 bridgehead atoms. The fraction of sp³-hybridized carbons (Fsp3) is 0.800. The van der Waals surface area contributed by atoms with Crippen LogP contribution in [0.15, 0.2) is 0 Å². The summed E-state index contributed by atoms with van der Waals surface area (Å²) >= 11 is 0. The Hall–Kier alpha value is -1.22. The Labute approximate surface area is 105 Å². The van der Waals surface area contributed by atoms with Gasteiger partial charge in [-0.3, -0.25) is 10.5 Å². The van der Waals surface area contributed by atoms with Crippen molar-refractivity contribution in [3.63, 3.8) is 0 Å². The molecule has 8 heteroatoms. The molecule has 0 aromatic rings. The van der Waals surface area contributed by atoms with Gasteiger partial charge >= 0.3 is 11.9 Å². The highest BCUT2D eigenvalue weighted by atomic mass is 16.6. The van der Waals surface area contributed by atoms with Crippen LogP contribution in [0.25, 0.3) is 0 Å². The van der Waals surface area contributed by atoms with Crippen molar-refractivity contribution in [3.05, 3.63) is 0 Å². The first-order valence-corrected chi connectivity index (χ1v) is 5.37. The van der Waals surface area contributed by atoms with Crippen molar-refractivity contribution in [3.8, 4) is 0 Å². The summed E-state index contributed by atoms with van der Waals surface area (Å²) in [6.45, 7) is 0.903. The molecule has 0 rings (SSSR count). The summed E-state index contributed by atoms with van der Waals surface area (Å²) in [6, 6.07) is 0. The van der Waals surface area contributed by atoms with E-state index >= 15 is 0 Å². The third-order valence-electron chi connectivity index (χ3n) is 2.09. The Morgan fingerprint density at radius 3 is 2.28 bits per heavy atom. The third-order valence-corrected chi connectivity index (χ3v) is 2.09. The monoisotopic (exact) mass is 265 g/mol. The van der Waals surface area contributed by atoms with Gasteiger partial charge in [-0.1, -0.05) is 0 Å². The summed E-state index contributed by atoms with van der Waals surface area (Å²) in [5, 5.41) is 17.4. The molecular formula is C10H19NO7. The molecule has 0 saturated heterocycles. The smallest absolute Gasteiger partial charge is 0.351 e. The van der Waals surface area contributed by atoms with E-state index < -0.39 is 17.7 Å². The molecule has 0 aliphatic heterocycles. The quantitative estimate of drug-likeness (QED) is 0.329. The summed E-state index contributed by atoms with van der Waals surface area (Å²) in [5.41, 5.74) is 3.47. The molecule has 0 unspecified atom stereocenters. The minimum absolute atomic E-state index is 0.0356. The second kappa shape index (κ2) is 8.81. The fourth-order valence-electron chi connectivity index (χ4n) is 1.06. The second-order valence-corrected chi connectivity index (χ2v) is 3.54. The lowest BCUT2D eigenvalue weighted by Gasteiger charge is -2.24.